The van der Waals surface area contributed by atoms with Crippen molar-refractivity contribution in [2.75, 3.05) is 12.7 Å². The molecule has 0 radical (unpaired) electrons. The topological polar surface area (TPSA) is 57.5 Å². The fourth-order valence-electron chi connectivity index (χ4n) is 0.0500. The van der Waals surface area contributed by atoms with Gasteiger partial charge in [-0.2, -0.15) is 0 Å². The Hall–Kier alpha value is 0.150. The van der Waals surface area contributed by atoms with Crippen LogP contribution in [0.2, 0.25) is 0 Å². The monoisotopic (exact) mass is 110 g/mol. The van der Waals surface area contributed by atoms with Crippen LogP contribution in [0.15, 0.2) is 0 Å². The number of rotatable bonds is 2. The van der Waals surface area contributed by atoms with Crippen molar-refractivity contribution in [2.24, 2.45) is 0 Å². The van der Waals surface area contributed by atoms with Crippen LogP contribution in [0.5, 0.6) is 0 Å². The Morgan fingerprint density at radius 1 is 1.33 bits per heavy atom. The van der Waals surface area contributed by atoms with Gasteiger partial charge in [-0.25, -0.2) is 0 Å². The van der Waals surface area contributed by atoms with E-state index in [9.17, 15) is 4.57 Å². The maximum absolute atomic E-state index is 9.87. The summed E-state index contributed by atoms with van der Waals surface area (Å²) in [7, 11) is -2.01. The Labute approximate surface area is 36.4 Å². The highest BCUT2D eigenvalue weighted by atomic mass is 31.1. The minimum atomic E-state index is -2.01. The van der Waals surface area contributed by atoms with Crippen LogP contribution in [0.1, 0.15) is 0 Å². The zero-order valence-electron chi connectivity index (χ0n) is 3.22. The normalized spacial score (nSPS) is 9.83. The van der Waals surface area contributed by atoms with Gasteiger partial charge in [0, 0.05) is 0 Å². The molecule has 38 valence electrons. The van der Waals surface area contributed by atoms with Gasteiger partial charge in [0.05, 0.1) is 12.7 Å². The van der Waals surface area contributed by atoms with Crippen LogP contribution in [-0.4, -0.2) is 22.9 Å². The van der Waals surface area contributed by atoms with Crippen molar-refractivity contribution in [1.29, 1.82) is 0 Å². The first-order valence-corrected chi connectivity index (χ1v) is 3.37. The zero-order chi connectivity index (χ0) is 4.99. The van der Waals surface area contributed by atoms with Gasteiger partial charge in [0.15, 0.2) is 0 Å². The first-order valence-electron chi connectivity index (χ1n) is 1.54. The molecule has 0 aliphatic rings. The van der Waals surface area contributed by atoms with Gasteiger partial charge in [0.25, 0.3) is 0 Å². The second-order valence-electron chi connectivity index (χ2n) is 0.855. The lowest BCUT2D eigenvalue weighted by molar-refractivity contribution is 0.332. The van der Waals surface area contributed by atoms with Gasteiger partial charge < -0.3 is 14.8 Å². The lowest BCUT2D eigenvalue weighted by atomic mass is 11.7. The summed E-state index contributed by atoms with van der Waals surface area (Å²) >= 11 is 0. The quantitative estimate of drug-likeness (QED) is 0.468. The molecule has 0 rings (SSSR count). The van der Waals surface area contributed by atoms with Gasteiger partial charge in [0.2, 0.25) is 0 Å². The lowest BCUT2D eigenvalue weighted by Gasteiger charge is -1.83. The maximum atomic E-state index is 9.87. The average Bonchev–Trinajstić information content (AvgIpc) is 1.65. The van der Waals surface area contributed by atoms with E-state index >= 15 is 0 Å². The highest BCUT2D eigenvalue weighted by Crippen LogP contribution is 2.13. The van der Waals surface area contributed by atoms with Crippen molar-refractivity contribution in [3.63, 3.8) is 0 Å². The molecule has 0 spiro atoms. The van der Waals surface area contributed by atoms with Crippen LogP contribution < -0.4 is 0 Å². The van der Waals surface area contributed by atoms with Crippen molar-refractivity contribution in [3.8, 4) is 0 Å². The summed E-state index contributed by atoms with van der Waals surface area (Å²) in [4.78, 5) is 0. The summed E-state index contributed by atoms with van der Waals surface area (Å²) in [6, 6.07) is 0. The highest BCUT2D eigenvalue weighted by Gasteiger charge is 1.87. The molecule has 0 aromatic carbocycles. The Morgan fingerprint density at radius 3 is 1.67 bits per heavy atom. The van der Waals surface area contributed by atoms with Crippen molar-refractivity contribution in [1.82, 2.24) is 0 Å². The lowest BCUT2D eigenvalue weighted by Crippen LogP contribution is -1.75. The van der Waals surface area contributed by atoms with Gasteiger partial charge in [-0.3, -0.25) is 0 Å². The summed E-state index contributed by atoms with van der Waals surface area (Å²) < 4.78 is 9.87. The first-order chi connectivity index (χ1) is 2.81. The van der Waals surface area contributed by atoms with E-state index in [1.807, 2.05) is 0 Å². The Bertz CT molecular complexity index is 46.8. The van der Waals surface area contributed by atoms with Crippen molar-refractivity contribution in [2.45, 2.75) is 0 Å². The molecule has 0 amide bonds. The second-order valence-corrected chi connectivity index (χ2v) is 2.56. The summed E-state index contributed by atoms with van der Waals surface area (Å²) in [6.45, 7) is 0. The molecule has 0 heterocycles. The van der Waals surface area contributed by atoms with E-state index in [1.54, 1.807) is 0 Å². The molecule has 6 heavy (non-hydrogen) atoms. The van der Waals surface area contributed by atoms with Crippen LogP contribution >= 0.6 is 7.80 Å². The van der Waals surface area contributed by atoms with E-state index in [2.05, 4.69) is 0 Å². The summed E-state index contributed by atoms with van der Waals surface area (Å²) in [5, 5.41) is 15.8. The molecule has 0 aliphatic heterocycles. The Kier molecular flexibility index (Phi) is 3.43. The van der Waals surface area contributed by atoms with Crippen LogP contribution in [-0.2, 0) is 4.57 Å². The molecule has 0 aromatic rings. The molecular weight excluding hydrogens is 103 g/mol. The summed E-state index contributed by atoms with van der Waals surface area (Å²) in [5.74, 6) is 0. The predicted octanol–water partition coefficient (Wildman–Crippen LogP) is -0.554. The van der Waals surface area contributed by atoms with Gasteiger partial charge in [0.1, 0.15) is 7.80 Å². The SMILES string of the molecule is O=[PH](CO)CO. The molecule has 3 nitrogen and oxygen atoms in total. The molecular formula is C2H7O3P. The molecule has 0 saturated carbocycles. The van der Waals surface area contributed by atoms with Crippen molar-refractivity contribution < 1.29 is 14.8 Å². The molecule has 0 unspecified atom stereocenters. The molecule has 0 fully saturated rings. The van der Waals surface area contributed by atoms with E-state index in [1.165, 1.54) is 0 Å². The largest absolute Gasteiger partial charge is 0.389 e. The van der Waals surface area contributed by atoms with Crippen LogP contribution in [0.25, 0.3) is 0 Å². The van der Waals surface area contributed by atoms with Crippen molar-refractivity contribution in [3.05, 3.63) is 0 Å². The highest BCUT2D eigenvalue weighted by molar-refractivity contribution is 7.44. The predicted molar refractivity (Wildman–Crippen MR) is 23.2 cm³/mol. The fraction of sp³-hybridized carbons (Fsp3) is 1.00. The van der Waals surface area contributed by atoms with Crippen LogP contribution in [0.4, 0.5) is 0 Å². The smallest absolute Gasteiger partial charge is 0.124 e. The molecule has 0 aromatic heterocycles. The average molecular weight is 110 g/mol. The first kappa shape index (κ1) is 6.15. The van der Waals surface area contributed by atoms with Crippen LogP contribution in [0.3, 0.4) is 0 Å². The fourth-order valence-corrected chi connectivity index (χ4v) is 0.150. The molecule has 4 heteroatoms. The number of hydrogen-bond donors (Lipinski definition) is 2. The minimum absolute atomic E-state index is 0.374. The minimum Gasteiger partial charge on any atom is -0.389 e. The molecule has 0 aliphatic carbocycles. The zero-order valence-corrected chi connectivity index (χ0v) is 4.22. The maximum Gasteiger partial charge on any atom is 0.124 e. The van der Waals surface area contributed by atoms with E-state index in [4.69, 9.17) is 10.2 Å². The summed E-state index contributed by atoms with van der Waals surface area (Å²) in [6.07, 6.45) is -0.748. The third kappa shape index (κ3) is 2.39. The van der Waals surface area contributed by atoms with Gasteiger partial charge in [-0.1, -0.05) is 0 Å². The van der Waals surface area contributed by atoms with E-state index < -0.39 is 7.80 Å². The third-order valence-corrected chi connectivity index (χ3v) is 1.06. The summed E-state index contributed by atoms with van der Waals surface area (Å²) in [5.41, 5.74) is 0. The third-order valence-electron chi connectivity index (χ3n) is 0.353. The van der Waals surface area contributed by atoms with Crippen LogP contribution in [0, 0.1) is 0 Å². The van der Waals surface area contributed by atoms with Gasteiger partial charge >= 0.3 is 0 Å². The van der Waals surface area contributed by atoms with Gasteiger partial charge in [-0.05, 0) is 0 Å². The number of aliphatic hydroxyl groups excluding tert-OH is 2. The van der Waals surface area contributed by atoms with Crippen molar-refractivity contribution >= 4 is 7.80 Å². The molecule has 2 N–H and O–H groups in total. The van der Waals surface area contributed by atoms with E-state index in [-0.39, 0.29) is 12.7 Å². The van der Waals surface area contributed by atoms with E-state index in [0.29, 0.717) is 0 Å². The number of hydrogen-bond acceptors (Lipinski definition) is 3. The molecule has 0 atom stereocenters. The Balaban J connectivity index is 2.99. The Morgan fingerprint density at radius 2 is 1.67 bits per heavy atom. The molecule has 0 saturated heterocycles. The standard InChI is InChI=1S/C2H7O3P/c3-1-6(5)2-4/h3-4,6H,1-2H2. The van der Waals surface area contributed by atoms with E-state index in [0.717, 1.165) is 0 Å². The van der Waals surface area contributed by atoms with Gasteiger partial charge in [-0.15, -0.1) is 0 Å². The second kappa shape index (κ2) is 3.34. The molecule has 0 bridgehead atoms. The number of aliphatic hydroxyl groups is 2.